The quantitative estimate of drug-likeness (QED) is 0.795. The molecule has 5 heteroatoms. The van der Waals surface area contributed by atoms with E-state index in [4.69, 9.17) is 0 Å². The van der Waals surface area contributed by atoms with E-state index in [0.717, 1.165) is 11.7 Å². The summed E-state index contributed by atoms with van der Waals surface area (Å²) in [5.41, 5.74) is 1.74. The number of hydrogen-bond donors (Lipinski definition) is 1. The van der Waals surface area contributed by atoms with Gasteiger partial charge in [0.05, 0.1) is 0 Å². The van der Waals surface area contributed by atoms with Crippen LogP contribution in [0.25, 0.3) is 0 Å². The number of nitrogens with zero attached hydrogens (tertiary/aromatic N) is 2. The van der Waals surface area contributed by atoms with E-state index >= 15 is 0 Å². The van der Waals surface area contributed by atoms with Gasteiger partial charge in [-0.3, -0.25) is 0 Å². The SMILES string of the molecule is CSC(C)CCNc1nncs1. The zero-order chi connectivity index (χ0) is 8.81. The fourth-order valence-corrected chi connectivity index (χ4v) is 1.58. The van der Waals surface area contributed by atoms with Gasteiger partial charge >= 0.3 is 0 Å². The Morgan fingerprint density at radius 1 is 1.75 bits per heavy atom. The summed E-state index contributed by atoms with van der Waals surface area (Å²) in [6, 6.07) is 0. The van der Waals surface area contributed by atoms with Gasteiger partial charge in [0.15, 0.2) is 0 Å². The number of anilines is 1. The lowest BCUT2D eigenvalue weighted by Crippen LogP contribution is -2.07. The van der Waals surface area contributed by atoms with Gasteiger partial charge in [-0.25, -0.2) is 0 Å². The largest absolute Gasteiger partial charge is 0.360 e. The first kappa shape index (κ1) is 9.80. The first-order valence-electron chi connectivity index (χ1n) is 3.85. The van der Waals surface area contributed by atoms with Crippen molar-refractivity contribution in [2.45, 2.75) is 18.6 Å². The van der Waals surface area contributed by atoms with Crippen LogP contribution < -0.4 is 5.32 Å². The second kappa shape index (κ2) is 5.37. The van der Waals surface area contributed by atoms with Gasteiger partial charge in [0.1, 0.15) is 5.51 Å². The molecular weight excluding hydrogens is 190 g/mol. The molecule has 0 bridgehead atoms. The molecule has 1 aromatic rings. The van der Waals surface area contributed by atoms with Crippen molar-refractivity contribution < 1.29 is 0 Å². The first-order valence-corrected chi connectivity index (χ1v) is 6.02. The summed E-state index contributed by atoms with van der Waals surface area (Å²) < 4.78 is 0. The Labute approximate surface area is 81.0 Å². The summed E-state index contributed by atoms with van der Waals surface area (Å²) in [6.45, 7) is 3.21. The summed E-state index contributed by atoms with van der Waals surface area (Å²) in [7, 11) is 0. The van der Waals surface area contributed by atoms with Crippen LogP contribution in [0.1, 0.15) is 13.3 Å². The Morgan fingerprint density at radius 2 is 2.58 bits per heavy atom. The van der Waals surface area contributed by atoms with Crippen LogP contribution in [0.2, 0.25) is 0 Å². The molecule has 0 amide bonds. The van der Waals surface area contributed by atoms with Crippen LogP contribution in [0, 0.1) is 0 Å². The molecule has 0 spiro atoms. The highest BCUT2D eigenvalue weighted by molar-refractivity contribution is 7.99. The summed E-state index contributed by atoms with van der Waals surface area (Å²) in [5.74, 6) is 0. The molecule has 1 rings (SSSR count). The zero-order valence-electron chi connectivity index (χ0n) is 7.28. The Morgan fingerprint density at radius 3 is 3.17 bits per heavy atom. The van der Waals surface area contributed by atoms with Crippen molar-refractivity contribution in [1.82, 2.24) is 10.2 Å². The molecule has 1 unspecified atom stereocenters. The predicted octanol–water partition coefficient (Wildman–Crippen LogP) is 2.09. The number of nitrogens with one attached hydrogen (secondary N) is 1. The second-order valence-corrected chi connectivity index (χ2v) is 4.62. The van der Waals surface area contributed by atoms with Gasteiger partial charge < -0.3 is 5.32 Å². The predicted molar refractivity (Wildman–Crippen MR) is 56.0 cm³/mol. The Hall–Kier alpha value is -0.290. The lowest BCUT2D eigenvalue weighted by molar-refractivity contribution is 0.850. The van der Waals surface area contributed by atoms with Gasteiger partial charge in [-0.15, -0.1) is 10.2 Å². The molecule has 0 fully saturated rings. The molecule has 0 radical (unpaired) electrons. The first-order chi connectivity index (χ1) is 5.83. The van der Waals surface area contributed by atoms with E-state index in [2.05, 4.69) is 28.7 Å². The van der Waals surface area contributed by atoms with E-state index < -0.39 is 0 Å². The molecule has 0 saturated carbocycles. The Balaban J connectivity index is 2.11. The van der Waals surface area contributed by atoms with Crippen molar-refractivity contribution in [3.05, 3.63) is 5.51 Å². The van der Waals surface area contributed by atoms with Crippen molar-refractivity contribution in [3.63, 3.8) is 0 Å². The van der Waals surface area contributed by atoms with E-state index in [1.54, 1.807) is 16.8 Å². The smallest absolute Gasteiger partial charge is 0.205 e. The third-order valence-electron chi connectivity index (χ3n) is 1.59. The molecule has 1 atom stereocenters. The minimum absolute atomic E-state index is 0.713. The molecule has 0 aliphatic carbocycles. The lowest BCUT2D eigenvalue weighted by Gasteiger charge is -2.07. The van der Waals surface area contributed by atoms with Crippen molar-refractivity contribution in [2.75, 3.05) is 18.1 Å². The summed E-state index contributed by atoms with van der Waals surface area (Å²) in [5, 5.41) is 12.5. The van der Waals surface area contributed by atoms with Crippen LogP contribution in [0.15, 0.2) is 5.51 Å². The van der Waals surface area contributed by atoms with Crippen molar-refractivity contribution in [2.24, 2.45) is 0 Å². The maximum absolute atomic E-state index is 3.89. The number of hydrogen-bond acceptors (Lipinski definition) is 5. The van der Waals surface area contributed by atoms with E-state index in [9.17, 15) is 0 Å². The molecule has 1 heterocycles. The monoisotopic (exact) mass is 203 g/mol. The summed E-state index contributed by atoms with van der Waals surface area (Å²) in [6.07, 6.45) is 3.30. The van der Waals surface area contributed by atoms with E-state index in [-0.39, 0.29) is 0 Å². The normalized spacial score (nSPS) is 12.8. The summed E-state index contributed by atoms with van der Waals surface area (Å²) >= 11 is 3.43. The molecule has 0 aliphatic rings. The average molecular weight is 203 g/mol. The number of rotatable bonds is 5. The third kappa shape index (κ3) is 3.40. The molecule has 0 aliphatic heterocycles. The van der Waals surface area contributed by atoms with E-state index in [0.29, 0.717) is 5.25 Å². The molecule has 1 N–H and O–H groups in total. The Kier molecular flexibility index (Phi) is 4.39. The van der Waals surface area contributed by atoms with Crippen LogP contribution in [-0.2, 0) is 0 Å². The fraction of sp³-hybridized carbons (Fsp3) is 0.714. The third-order valence-corrected chi connectivity index (χ3v) is 3.28. The highest BCUT2D eigenvalue weighted by Crippen LogP contribution is 2.11. The molecule has 0 saturated heterocycles. The lowest BCUT2D eigenvalue weighted by atomic mass is 10.3. The van der Waals surface area contributed by atoms with Gasteiger partial charge in [-0.1, -0.05) is 18.3 Å². The number of aromatic nitrogens is 2. The van der Waals surface area contributed by atoms with Gasteiger partial charge in [0.2, 0.25) is 5.13 Å². The average Bonchev–Trinajstić information content (AvgIpc) is 2.57. The zero-order valence-corrected chi connectivity index (χ0v) is 8.91. The van der Waals surface area contributed by atoms with Crippen molar-refractivity contribution in [3.8, 4) is 0 Å². The van der Waals surface area contributed by atoms with Crippen LogP contribution in [-0.4, -0.2) is 28.2 Å². The van der Waals surface area contributed by atoms with Crippen molar-refractivity contribution >= 4 is 28.2 Å². The standard InChI is InChI=1S/C7H13N3S2/c1-6(11-2)3-4-8-7-10-9-5-12-7/h5-6H,3-4H2,1-2H3,(H,8,10). The molecule has 3 nitrogen and oxygen atoms in total. The van der Waals surface area contributed by atoms with Gasteiger partial charge in [-0.05, 0) is 12.7 Å². The topological polar surface area (TPSA) is 37.8 Å². The van der Waals surface area contributed by atoms with Crippen LogP contribution in [0.5, 0.6) is 0 Å². The molecular formula is C7H13N3S2. The maximum Gasteiger partial charge on any atom is 0.205 e. The van der Waals surface area contributed by atoms with E-state index in [1.165, 1.54) is 6.42 Å². The van der Waals surface area contributed by atoms with E-state index in [1.807, 2.05) is 11.8 Å². The van der Waals surface area contributed by atoms with Gasteiger partial charge in [0, 0.05) is 11.8 Å². The fourth-order valence-electron chi connectivity index (χ4n) is 0.750. The van der Waals surface area contributed by atoms with Crippen LogP contribution in [0.3, 0.4) is 0 Å². The summed E-state index contributed by atoms with van der Waals surface area (Å²) in [4.78, 5) is 0. The highest BCUT2D eigenvalue weighted by atomic mass is 32.2. The number of thioether (sulfide) groups is 1. The maximum atomic E-state index is 3.89. The molecule has 0 aromatic carbocycles. The van der Waals surface area contributed by atoms with Gasteiger partial charge in [0.25, 0.3) is 0 Å². The molecule has 1 aromatic heterocycles. The highest BCUT2D eigenvalue weighted by Gasteiger charge is 1.99. The van der Waals surface area contributed by atoms with Crippen LogP contribution in [0.4, 0.5) is 5.13 Å². The minimum atomic E-state index is 0.713. The molecule has 12 heavy (non-hydrogen) atoms. The second-order valence-electron chi connectivity index (χ2n) is 2.51. The van der Waals surface area contributed by atoms with Gasteiger partial charge in [-0.2, -0.15) is 11.8 Å². The van der Waals surface area contributed by atoms with Crippen LogP contribution >= 0.6 is 23.1 Å². The minimum Gasteiger partial charge on any atom is -0.360 e. The van der Waals surface area contributed by atoms with Crippen molar-refractivity contribution in [1.29, 1.82) is 0 Å². The Bertz CT molecular complexity index is 200. The molecule has 68 valence electrons.